The average Bonchev–Trinajstić information content (AvgIpc) is 3.08. The third-order valence-corrected chi connectivity index (χ3v) is 5.24. The van der Waals surface area contributed by atoms with Crippen LogP contribution in [0.3, 0.4) is 0 Å². The standard InChI is InChI=1S/C20H18Cl2N2/c1-13-11-19(24-9-2-3-10-24)15-8-7-14(12-18(15)23-13)20-16(21)5-4-6-17(20)22/h4-8,11-12H,2-3,9-10H2,1H3. The predicted molar refractivity (Wildman–Crippen MR) is 103 cm³/mol. The molecule has 3 aromatic rings. The van der Waals surface area contributed by atoms with Crippen LogP contribution < -0.4 is 4.90 Å². The van der Waals surface area contributed by atoms with Crippen LogP contribution in [0.15, 0.2) is 42.5 Å². The van der Waals surface area contributed by atoms with E-state index in [0.717, 1.165) is 35.4 Å². The first-order valence-electron chi connectivity index (χ1n) is 8.24. The molecular formula is C20H18Cl2N2. The van der Waals surface area contributed by atoms with Crippen LogP contribution in [0.1, 0.15) is 18.5 Å². The summed E-state index contributed by atoms with van der Waals surface area (Å²) in [6.07, 6.45) is 2.52. The quantitative estimate of drug-likeness (QED) is 0.549. The summed E-state index contributed by atoms with van der Waals surface area (Å²) in [5.41, 5.74) is 5.18. The first-order valence-corrected chi connectivity index (χ1v) is 9.00. The van der Waals surface area contributed by atoms with Gasteiger partial charge in [0.1, 0.15) is 0 Å². The van der Waals surface area contributed by atoms with Crippen molar-refractivity contribution >= 4 is 39.8 Å². The Bertz CT molecular complexity index is 895. The van der Waals surface area contributed by atoms with E-state index in [1.54, 1.807) is 0 Å². The molecule has 0 N–H and O–H groups in total. The molecule has 0 aliphatic carbocycles. The fourth-order valence-corrected chi connectivity index (χ4v) is 4.10. The summed E-state index contributed by atoms with van der Waals surface area (Å²) in [5, 5.41) is 2.51. The Balaban J connectivity index is 1.90. The number of rotatable bonds is 2. The van der Waals surface area contributed by atoms with Crippen LogP contribution in [0.25, 0.3) is 22.0 Å². The number of aryl methyl sites for hydroxylation is 1. The minimum atomic E-state index is 0.661. The maximum Gasteiger partial charge on any atom is 0.0732 e. The highest BCUT2D eigenvalue weighted by atomic mass is 35.5. The van der Waals surface area contributed by atoms with Crippen LogP contribution in [0, 0.1) is 6.92 Å². The smallest absolute Gasteiger partial charge is 0.0732 e. The Morgan fingerprint density at radius 1 is 0.958 bits per heavy atom. The summed E-state index contributed by atoms with van der Waals surface area (Å²) in [5.74, 6) is 0. The Hall–Kier alpha value is -1.77. The molecule has 4 heteroatoms. The first kappa shape index (κ1) is 15.7. The normalized spacial score (nSPS) is 14.5. The minimum Gasteiger partial charge on any atom is -0.371 e. The molecule has 2 nitrogen and oxygen atoms in total. The number of pyridine rings is 1. The van der Waals surface area contributed by atoms with Crippen molar-refractivity contribution in [2.45, 2.75) is 19.8 Å². The molecule has 0 atom stereocenters. The largest absolute Gasteiger partial charge is 0.371 e. The highest BCUT2D eigenvalue weighted by molar-refractivity contribution is 6.39. The van der Waals surface area contributed by atoms with Gasteiger partial charge >= 0.3 is 0 Å². The molecule has 1 aromatic heterocycles. The lowest BCUT2D eigenvalue weighted by Gasteiger charge is -2.20. The van der Waals surface area contributed by atoms with E-state index < -0.39 is 0 Å². The Labute approximate surface area is 152 Å². The van der Waals surface area contributed by atoms with Gasteiger partial charge in [0.25, 0.3) is 0 Å². The topological polar surface area (TPSA) is 16.1 Å². The van der Waals surface area contributed by atoms with Crippen molar-refractivity contribution in [3.05, 3.63) is 58.2 Å². The molecule has 1 aliphatic heterocycles. The van der Waals surface area contributed by atoms with Gasteiger partial charge in [0.15, 0.2) is 0 Å². The molecule has 2 aromatic carbocycles. The molecule has 1 fully saturated rings. The average molecular weight is 357 g/mol. The molecule has 0 spiro atoms. The summed E-state index contributed by atoms with van der Waals surface area (Å²) in [7, 11) is 0. The first-order chi connectivity index (χ1) is 11.6. The lowest BCUT2D eigenvalue weighted by molar-refractivity contribution is 0.949. The van der Waals surface area contributed by atoms with Gasteiger partial charge in [0.05, 0.1) is 5.52 Å². The van der Waals surface area contributed by atoms with E-state index in [9.17, 15) is 0 Å². The molecule has 0 bridgehead atoms. The molecule has 24 heavy (non-hydrogen) atoms. The number of hydrogen-bond donors (Lipinski definition) is 0. The highest BCUT2D eigenvalue weighted by Gasteiger charge is 2.17. The van der Waals surface area contributed by atoms with Gasteiger partial charge in [-0.2, -0.15) is 0 Å². The summed E-state index contributed by atoms with van der Waals surface area (Å²) < 4.78 is 0. The van der Waals surface area contributed by atoms with E-state index in [2.05, 4.69) is 29.2 Å². The predicted octanol–water partition coefficient (Wildman–Crippen LogP) is 6.12. The van der Waals surface area contributed by atoms with Gasteiger partial charge in [-0.05, 0) is 49.6 Å². The maximum absolute atomic E-state index is 6.37. The zero-order chi connectivity index (χ0) is 16.7. The van der Waals surface area contributed by atoms with E-state index in [0.29, 0.717) is 10.0 Å². The van der Waals surface area contributed by atoms with Crippen LogP contribution in [0.4, 0.5) is 5.69 Å². The number of anilines is 1. The van der Waals surface area contributed by atoms with Crippen LogP contribution in [0.5, 0.6) is 0 Å². The van der Waals surface area contributed by atoms with Crippen LogP contribution in [-0.4, -0.2) is 18.1 Å². The Morgan fingerprint density at radius 3 is 2.38 bits per heavy atom. The second-order valence-electron chi connectivity index (χ2n) is 6.31. The molecule has 122 valence electrons. The van der Waals surface area contributed by atoms with Crippen molar-refractivity contribution < 1.29 is 0 Å². The van der Waals surface area contributed by atoms with Crippen LogP contribution in [-0.2, 0) is 0 Å². The van der Waals surface area contributed by atoms with Gasteiger partial charge in [0, 0.05) is 45.5 Å². The van der Waals surface area contributed by atoms with Gasteiger partial charge in [-0.15, -0.1) is 0 Å². The van der Waals surface area contributed by atoms with E-state index in [1.807, 2.05) is 25.1 Å². The second kappa shape index (κ2) is 6.27. The number of halogens is 2. The molecule has 0 unspecified atom stereocenters. The SMILES string of the molecule is Cc1cc(N2CCCC2)c2ccc(-c3c(Cl)cccc3Cl)cc2n1. The van der Waals surface area contributed by atoms with Gasteiger partial charge < -0.3 is 4.90 Å². The number of benzene rings is 2. The van der Waals surface area contributed by atoms with Gasteiger partial charge in [-0.1, -0.05) is 41.4 Å². The molecule has 0 amide bonds. The maximum atomic E-state index is 6.37. The van der Waals surface area contributed by atoms with Crippen molar-refractivity contribution in [2.75, 3.05) is 18.0 Å². The summed E-state index contributed by atoms with van der Waals surface area (Å²) >= 11 is 12.7. The Morgan fingerprint density at radius 2 is 1.67 bits per heavy atom. The second-order valence-corrected chi connectivity index (χ2v) is 7.12. The molecular weight excluding hydrogens is 339 g/mol. The molecule has 1 saturated heterocycles. The van der Waals surface area contributed by atoms with Crippen molar-refractivity contribution in [3.63, 3.8) is 0 Å². The van der Waals surface area contributed by atoms with E-state index >= 15 is 0 Å². The zero-order valence-corrected chi connectivity index (χ0v) is 15.0. The van der Waals surface area contributed by atoms with E-state index in [4.69, 9.17) is 28.2 Å². The van der Waals surface area contributed by atoms with Crippen molar-refractivity contribution in [2.24, 2.45) is 0 Å². The van der Waals surface area contributed by atoms with Crippen molar-refractivity contribution in [1.29, 1.82) is 0 Å². The minimum absolute atomic E-state index is 0.661. The number of aromatic nitrogens is 1. The molecule has 4 rings (SSSR count). The van der Waals surface area contributed by atoms with Crippen LogP contribution in [0.2, 0.25) is 10.0 Å². The summed E-state index contributed by atoms with van der Waals surface area (Å²) in [6, 6.07) is 14.1. The molecule has 0 saturated carbocycles. The number of hydrogen-bond acceptors (Lipinski definition) is 2. The number of fused-ring (bicyclic) bond motifs is 1. The van der Waals surface area contributed by atoms with Crippen LogP contribution >= 0.6 is 23.2 Å². The zero-order valence-electron chi connectivity index (χ0n) is 13.5. The van der Waals surface area contributed by atoms with Gasteiger partial charge in [0.2, 0.25) is 0 Å². The fraction of sp³-hybridized carbons (Fsp3) is 0.250. The molecule has 1 aliphatic rings. The number of nitrogens with zero attached hydrogens (tertiary/aromatic N) is 2. The van der Waals surface area contributed by atoms with Crippen molar-refractivity contribution in [3.8, 4) is 11.1 Å². The summed E-state index contributed by atoms with van der Waals surface area (Å²) in [6.45, 7) is 4.29. The molecule has 2 heterocycles. The monoisotopic (exact) mass is 356 g/mol. The van der Waals surface area contributed by atoms with Gasteiger partial charge in [-0.3, -0.25) is 4.98 Å². The highest BCUT2D eigenvalue weighted by Crippen LogP contribution is 2.37. The lowest BCUT2D eigenvalue weighted by Crippen LogP contribution is -2.18. The lowest BCUT2D eigenvalue weighted by atomic mass is 10.0. The summed E-state index contributed by atoms with van der Waals surface area (Å²) in [4.78, 5) is 7.20. The third-order valence-electron chi connectivity index (χ3n) is 4.61. The third kappa shape index (κ3) is 2.74. The van der Waals surface area contributed by atoms with Gasteiger partial charge in [-0.25, -0.2) is 0 Å². The van der Waals surface area contributed by atoms with E-state index in [1.165, 1.54) is 23.9 Å². The Kier molecular flexibility index (Phi) is 4.11. The fourth-order valence-electron chi connectivity index (χ4n) is 3.49. The molecule has 0 radical (unpaired) electrons. The van der Waals surface area contributed by atoms with Crippen molar-refractivity contribution in [1.82, 2.24) is 4.98 Å². The van der Waals surface area contributed by atoms with E-state index in [-0.39, 0.29) is 0 Å².